The number of ether oxygens (including phenoxy) is 1. The Kier molecular flexibility index (Phi) is 4.20. The zero-order chi connectivity index (χ0) is 18.3. The Bertz CT molecular complexity index is 994. The van der Waals surface area contributed by atoms with Gasteiger partial charge in [0.2, 0.25) is 5.91 Å². The first kappa shape index (κ1) is 16.7. The lowest BCUT2D eigenvalue weighted by molar-refractivity contribution is -0.125. The van der Waals surface area contributed by atoms with Gasteiger partial charge in [0.05, 0.1) is 7.11 Å². The van der Waals surface area contributed by atoms with Gasteiger partial charge >= 0.3 is 0 Å². The van der Waals surface area contributed by atoms with E-state index in [0.29, 0.717) is 0 Å². The number of methoxy groups -OCH3 is 1. The molecule has 1 aliphatic rings. The average molecular weight is 366 g/mol. The van der Waals surface area contributed by atoms with Crippen molar-refractivity contribution in [1.82, 2.24) is 9.47 Å². The lowest BCUT2D eigenvalue weighted by Crippen LogP contribution is -2.24. The summed E-state index contributed by atoms with van der Waals surface area (Å²) in [5, 5.41) is 0.345. The molecule has 3 aromatic rings. The first-order valence-corrected chi connectivity index (χ1v) is 9.15. The smallest absolute Gasteiger partial charge is 0.289 e. The van der Waals surface area contributed by atoms with E-state index in [1.54, 1.807) is 7.11 Å². The molecule has 1 aromatic heterocycles. The van der Waals surface area contributed by atoms with E-state index >= 15 is 0 Å². The summed E-state index contributed by atoms with van der Waals surface area (Å²) in [6.45, 7) is 0.724. The van der Waals surface area contributed by atoms with Crippen LogP contribution in [0, 0.1) is 0 Å². The minimum absolute atomic E-state index is 0.157. The van der Waals surface area contributed by atoms with E-state index in [1.807, 2.05) is 54.7 Å². The van der Waals surface area contributed by atoms with Crippen LogP contribution in [0.1, 0.15) is 16.4 Å². The van der Waals surface area contributed by atoms with Gasteiger partial charge in [-0.15, -0.1) is 0 Å². The van der Waals surface area contributed by atoms with E-state index in [0.717, 1.165) is 46.1 Å². The maximum Gasteiger partial charge on any atom is 0.289 e. The average Bonchev–Trinajstić information content (AvgIpc) is 3.19. The predicted octanol–water partition coefficient (Wildman–Crippen LogP) is 4.06. The van der Waals surface area contributed by atoms with Crippen molar-refractivity contribution in [1.29, 1.82) is 0 Å². The van der Waals surface area contributed by atoms with E-state index in [-0.39, 0.29) is 11.1 Å². The highest BCUT2D eigenvalue weighted by atomic mass is 32.2. The van der Waals surface area contributed by atoms with Gasteiger partial charge < -0.3 is 9.30 Å². The van der Waals surface area contributed by atoms with Gasteiger partial charge in [-0.05, 0) is 47.2 Å². The van der Waals surface area contributed by atoms with Crippen molar-refractivity contribution in [3.63, 3.8) is 0 Å². The number of hydrogen-bond acceptors (Lipinski definition) is 4. The van der Waals surface area contributed by atoms with Crippen molar-refractivity contribution in [2.75, 3.05) is 14.2 Å². The highest BCUT2D eigenvalue weighted by molar-refractivity contribution is 8.15. The molecule has 0 radical (unpaired) electrons. The van der Waals surface area contributed by atoms with Crippen molar-refractivity contribution in [2.45, 2.75) is 11.8 Å². The van der Waals surface area contributed by atoms with Gasteiger partial charge in [-0.2, -0.15) is 0 Å². The molecule has 2 amide bonds. The van der Waals surface area contributed by atoms with Gasteiger partial charge in [-0.25, -0.2) is 0 Å². The fraction of sp³-hybridized carbons (Fsp3) is 0.200. The van der Waals surface area contributed by atoms with E-state index in [9.17, 15) is 9.59 Å². The van der Waals surface area contributed by atoms with Crippen molar-refractivity contribution in [2.24, 2.45) is 0 Å². The van der Waals surface area contributed by atoms with Gasteiger partial charge in [0.1, 0.15) is 11.0 Å². The van der Waals surface area contributed by atoms with Gasteiger partial charge in [0.25, 0.3) is 5.24 Å². The summed E-state index contributed by atoms with van der Waals surface area (Å²) in [4.78, 5) is 25.4. The molecule has 1 unspecified atom stereocenters. The number of benzene rings is 2. The second-order valence-corrected chi connectivity index (χ2v) is 7.29. The predicted molar refractivity (Wildman–Crippen MR) is 103 cm³/mol. The summed E-state index contributed by atoms with van der Waals surface area (Å²) >= 11 is 1.08. The normalized spacial score (nSPS) is 17.3. The number of hydrogen-bond donors (Lipinski definition) is 0. The first-order chi connectivity index (χ1) is 12.6. The van der Waals surface area contributed by atoms with E-state index < -0.39 is 5.25 Å². The third-order valence-electron chi connectivity index (χ3n) is 4.69. The molecule has 1 fully saturated rings. The molecule has 0 bridgehead atoms. The lowest BCUT2D eigenvalue weighted by atomic mass is 10.1. The van der Waals surface area contributed by atoms with Crippen LogP contribution in [0.25, 0.3) is 10.9 Å². The number of likely N-dealkylation sites (N-methyl/N-ethyl adjacent to an activating group) is 1. The SMILES string of the molecule is COc1ccc(Cn2ccc3c(C4SC(=O)N(C)C4=O)cccc32)cc1. The molecule has 2 heterocycles. The number of carbonyl (C=O) groups excluding carboxylic acids is 2. The van der Waals surface area contributed by atoms with Crippen molar-refractivity contribution < 1.29 is 14.3 Å². The Morgan fingerprint density at radius 1 is 1.08 bits per heavy atom. The standard InChI is InChI=1S/C20H18N2O3S/c1-21-19(23)18(26-20(21)24)16-4-3-5-17-15(16)10-11-22(17)12-13-6-8-14(25-2)9-7-13/h3-11,18H,12H2,1-2H3. The van der Waals surface area contributed by atoms with Crippen molar-refractivity contribution >= 4 is 33.8 Å². The van der Waals surface area contributed by atoms with Crippen LogP contribution in [0.5, 0.6) is 5.75 Å². The molecule has 6 heteroatoms. The van der Waals surface area contributed by atoms with Crippen LogP contribution in [0.3, 0.4) is 0 Å². The molecule has 132 valence electrons. The molecule has 0 spiro atoms. The van der Waals surface area contributed by atoms with Crippen LogP contribution in [-0.2, 0) is 11.3 Å². The Balaban J connectivity index is 1.69. The molecule has 5 nitrogen and oxygen atoms in total. The van der Waals surface area contributed by atoms with E-state index in [1.165, 1.54) is 11.9 Å². The molecule has 4 rings (SSSR count). The maximum atomic E-state index is 12.4. The number of fused-ring (bicyclic) bond motifs is 1. The molecule has 1 aliphatic heterocycles. The summed E-state index contributed by atoms with van der Waals surface area (Å²) < 4.78 is 7.35. The molecule has 0 N–H and O–H groups in total. The molecule has 26 heavy (non-hydrogen) atoms. The molecule has 1 atom stereocenters. The fourth-order valence-electron chi connectivity index (χ4n) is 3.23. The van der Waals surface area contributed by atoms with Gasteiger partial charge in [-0.3, -0.25) is 14.5 Å². The first-order valence-electron chi connectivity index (χ1n) is 8.27. The minimum Gasteiger partial charge on any atom is -0.497 e. The van der Waals surface area contributed by atoms with Gasteiger partial charge in [0.15, 0.2) is 0 Å². The minimum atomic E-state index is -0.465. The van der Waals surface area contributed by atoms with Crippen LogP contribution in [0.4, 0.5) is 4.79 Å². The van der Waals surface area contributed by atoms with E-state index in [4.69, 9.17) is 4.74 Å². The fourth-order valence-corrected chi connectivity index (χ4v) is 4.28. The topological polar surface area (TPSA) is 51.5 Å². The number of aromatic nitrogens is 1. The quantitative estimate of drug-likeness (QED) is 0.699. The van der Waals surface area contributed by atoms with Crippen LogP contribution < -0.4 is 4.74 Å². The molecule has 2 aromatic carbocycles. The summed E-state index contributed by atoms with van der Waals surface area (Å²) in [7, 11) is 3.19. The van der Waals surface area contributed by atoms with Crippen molar-refractivity contribution in [3.8, 4) is 5.75 Å². The summed E-state index contributed by atoms with van der Waals surface area (Å²) in [6.07, 6.45) is 2.02. The number of thioether (sulfide) groups is 1. The Labute approximate surface area is 155 Å². The van der Waals surface area contributed by atoms with Gasteiger partial charge in [0, 0.05) is 30.7 Å². The second kappa shape index (κ2) is 6.53. The number of imide groups is 1. The van der Waals surface area contributed by atoms with Crippen LogP contribution in [-0.4, -0.2) is 34.8 Å². The van der Waals surface area contributed by atoms with Crippen LogP contribution in [0.15, 0.2) is 54.7 Å². The Morgan fingerprint density at radius 2 is 1.85 bits per heavy atom. The highest BCUT2D eigenvalue weighted by Gasteiger charge is 2.38. The molecular weight excluding hydrogens is 348 g/mol. The van der Waals surface area contributed by atoms with E-state index in [2.05, 4.69) is 4.57 Å². The number of carbonyl (C=O) groups is 2. The maximum absolute atomic E-state index is 12.4. The zero-order valence-corrected chi connectivity index (χ0v) is 15.3. The second-order valence-electron chi connectivity index (χ2n) is 6.23. The Morgan fingerprint density at radius 3 is 2.50 bits per heavy atom. The van der Waals surface area contributed by atoms with Crippen LogP contribution in [0.2, 0.25) is 0 Å². The monoisotopic (exact) mass is 366 g/mol. The number of amides is 2. The molecule has 0 aliphatic carbocycles. The number of nitrogens with zero attached hydrogens (tertiary/aromatic N) is 2. The highest BCUT2D eigenvalue weighted by Crippen LogP contribution is 2.41. The summed E-state index contributed by atoms with van der Waals surface area (Å²) in [5.74, 6) is 0.675. The third kappa shape index (κ3) is 2.76. The number of rotatable bonds is 4. The molecular formula is C20H18N2O3S. The summed E-state index contributed by atoms with van der Waals surface area (Å²) in [5.41, 5.74) is 3.10. The Hall–Kier alpha value is -2.73. The zero-order valence-electron chi connectivity index (χ0n) is 14.5. The van der Waals surface area contributed by atoms with Gasteiger partial charge in [-0.1, -0.05) is 24.3 Å². The van der Waals surface area contributed by atoms with Crippen molar-refractivity contribution in [3.05, 3.63) is 65.9 Å². The van der Waals surface area contributed by atoms with Crippen LogP contribution >= 0.6 is 11.8 Å². The molecule has 1 saturated heterocycles. The largest absolute Gasteiger partial charge is 0.497 e. The third-order valence-corrected chi connectivity index (χ3v) is 5.86. The summed E-state index contributed by atoms with van der Waals surface area (Å²) in [6, 6.07) is 15.9. The molecule has 0 saturated carbocycles. The lowest BCUT2D eigenvalue weighted by Gasteiger charge is -2.11.